The number of benzene rings is 1. The fourth-order valence-electron chi connectivity index (χ4n) is 1.85. The molecule has 0 unspecified atom stereocenters. The first-order chi connectivity index (χ1) is 10.7. The molecule has 0 bridgehead atoms. The minimum atomic E-state index is -0.0444. The molecule has 0 radical (unpaired) electrons. The number of aromatic nitrogens is 2. The number of unbranched alkanes of at least 4 members (excludes halogenated alkanes) is 1. The first-order valence-corrected chi connectivity index (χ1v) is 9.08. The molecule has 0 saturated carbocycles. The first-order valence-electron chi connectivity index (χ1n) is 7.28. The van der Waals surface area contributed by atoms with Crippen LogP contribution in [-0.4, -0.2) is 28.4 Å². The van der Waals surface area contributed by atoms with Gasteiger partial charge in [-0.3, -0.25) is 4.79 Å². The summed E-state index contributed by atoms with van der Waals surface area (Å²) in [5, 5.41) is 11.9. The molecule has 1 amide bonds. The Kier molecular flexibility index (Phi) is 6.67. The minimum Gasteiger partial charge on any atom is -0.374 e. The van der Waals surface area contributed by atoms with Crippen LogP contribution in [0.25, 0.3) is 0 Å². The molecule has 0 aliphatic rings. The van der Waals surface area contributed by atoms with Crippen LogP contribution in [0, 0.1) is 0 Å². The molecule has 1 aromatic carbocycles. The molecule has 0 atom stereocenters. The molecule has 0 fully saturated rings. The van der Waals surface area contributed by atoms with E-state index in [2.05, 4.69) is 22.4 Å². The second-order valence-corrected chi connectivity index (χ2v) is 6.97. The maximum atomic E-state index is 12.3. The third kappa shape index (κ3) is 4.99. The van der Waals surface area contributed by atoms with Crippen molar-refractivity contribution in [2.75, 3.05) is 18.0 Å². The highest BCUT2D eigenvalue weighted by Crippen LogP contribution is 2.23. The van der Waals surface area contributed by atoms with Crippen LogP contribution < -0.4 is 11.1 Å². The number of carbonyl (C=O) groups excluding carboxylic acids is 1. The summed E-state index contributed by atoms with van der Waals surface area (Å²) in [6.07, 6.45) is 2.96. The summed E-state index contributed by atoms with van der Waals surface area (Å²) in [5.74, 6) is 0.988. The highest BCUT2D eigenvalue weighted by Gasteiger charge is 2.11. The van der Waals surface area contributed by atoms with Crippen molar-refractivity contribution < 1.29 is 4.79 Å². The van der Waals surface area contributed by atoms with Gasteiger partial charge in [0.25, 0.3) is 5.91 Å². The number of nitrogens with zero attached hydrogens (tertiary/aromatic N) is 2. The SMILES string of the molecule is CCCCSc1ccccc1C(=O)NCCc1nnc(N)s1. The van der Waals surface area contributed by atoms with E-state index in [1.165, 1.54) is 11.3 Å². The second-order valence-electron chi connectivity index (χ2n) is 4.74. The second kappa shape index (κ2) is 8.75. The van der Waals surface area contributed by atoms with Crippen LogP contribution in [0.3, 0.4) is 0 Å². The Labute approximate surface area is 138 Å². The van der Waals surface area contributed by atoms with Crippen molar-refractivity contribution in [3.05, 3.63) is 34.8 Å². The largest absolute Gasteiger partial charge is 0.374 e. The Morgan fingerprint density at radius 3 is 2.91 bits per heavy atom. The Morgan fingerprint density at radius 2 is 2.18 bits per heavy atom. The fourth-order valence-corrected chi connectivity index (χ4v) is 3.61. The maximum Gasteiger partial charge on any atom is 0.252 e. The van der Waals surface area contributed by atoms with Crippen molar-refractivity contribution in [1.82, 2.24) is 15.5 Å². The van der Waals surface area contributed by atoms with Crippen molar-refractivity contribution in [3.8, 4) is 0 Å². The summed E-state index contributed by atoms with van der Waals surface area (Å²) >= 11 is 3.09. The van der Waals surface area contributed by atoms with Crippen LogP contribution in [0.4, 0.5) is 5.13 Å². The number of nitrogens with two attached hydrogens (primary N) is 1. The van der Waals surface area contributed by atoms with E-state index in [4.69, 9.17) is 5.73 Å². The smallest absolute Gasteiger partial charge is 0.252 e. The quantitative estimate of drug-likeness (QED) is 0.572. The number of hydrogen-bond acceptors (Lipinski definition) is 6. The lowest BCUT2D eigenvalue weighted by Crippen LogP contribution is -2.26. The van der Waals surface area contributed by atoms with Gasteiger partial charge in [-0.05, 0) is 24.3 Å². The van der Waals surface area contributed by atoms with Gasteiger partial charge in [-0.15, -0.1) is 22.0 Å². The molecule has 0 saturated heterocycles. The predicted molar refractivity (Wildman–Crippen MR) is 92.4 cm³/mol. The van der Waals surface area contributed by atoms with Gasteiger partial charge in [-0.1, -0.05) is 36.8 Å². The zero-order valence-electron chi connectivity index (χ0n) is 12.5. The molecule has 0 spiro atoms. The Hall–Kier alpha value is -1.60. The lowest BCUT2D eigenvalue weighted by atomic mass is 10.2. The molecule has 1 aromatic heterocycles. The number of hydrogen-bond donors (Lipinski definition) is 2. The molecule has 3 N–H and O–H groups in total. The maximum absolute atomic E-state index is 12.3. The van der Waals surface area contributed by atoms with Gasteiger partial charge in [0, 0.05) is 17.9 Å². The van der Waals surface area contributed by atoms with Gasteiger partial charge in [0.2, 0.25) is 5.13 Å². The number of nitrogens with one attached hydrogen (secondary N) is 1. The van der Waals surface area contributed by atoms with E-state index >= 15 is 0 Å². The molecule has 0 aliphatic heterocycles. The fraction of sp³-hybridized carbons (Fsp3) is 0.400. The number of thioether (sulfide) groups is 1. The van der Waals surface area contributed by atoms with Crippen LogP contribution in [0.5, 0.6) is 0 Å². The number of amides is 1. The van der Waals surface area contributed by atoms with Crippen molar-refractivity contribution in [1.29, 1.82) is 0 Å². The predicted octanol–water partition coefficient (Wildman–Crippen LogP) is 2.99. The van der Waals surface area contributed by atoms with Crippen molar-refractivity contribution in [2.45, 2.75) is 31.1 Å². The summed E-state index contributed by atoms with van der Waals surface area (Å²) in [7, 11) is 0. The normalized spacial score (nSPS) is 10.6. The molecule has 0 aliphatic carbocycles. The average Bonchev–Trinajstić information content (AvgIpc) is 2.93. The van der Waals surface area contributed by atoms with Crippen molar-refractivity contribution in [2.24, 2.45) is 0 Å². The number of anilines is 1. The van der Waals surface area contributed by atoms with Gasteiger partial charge in [0.15, 0.2) is 0 Å². The van der Waals surface area contributed by atoms with Gasteiger partial charge in [0.1, 0.15) is 5.01 Å². The highest BCUT2D eigenvalue weighted by molar-refractivity contribution is 7.99. The van der Waals surface area contributed by atoms with E-state index in [1.807, 2.05) is 24.3 Å². The summed E-state index contributed by atoms with van der Waals surface area (Å²) < 4.78 is 0. The lowest BCUT2D eigenvalue weighted by Gasteiger charge is -2.09. The molecule has 5 nitrogen and oxygen atoms in total. The van der Waals surface area contributed by atoms with Gasteiger partial charge in [0.05, 0.1) is 5.56 Å². The van der Waals surface area contributed by atoms with E-state index < -0.39 is 0 Å². The summed E-state index contributed by atoms with van der Waals surface area (Å²) in [6.45, 7) is 2.70. The zero-order chi connectivity index (χ0) is 15.8. The van der Waals surface area contributed by atoms with Gasteiger partial charge in [-0.25, -0.2) is 0 Å². The topological polar surface area (TPSA) is 80.9 Å². The number of nitrogen functional groups attached to an aromatic ring is 1. The third-order valence-corrected chi connectivity index (χ3v) is 4.97. The van der Waals surface area contributed by atoms with Crippen LogP contribution in [0.15, 0.2) is 29.2 Å². The molecule has 2 aromatic rings. The van der Waals surface area contributed by atoms with E-state index in [9.17, 15) is 4.79 Å². The number of carbonyl (C=O) groups is 1. The van der Waals surface area contributed by atoms with E-state index in [1.54, 1.807) is 11.8 Å². The molecule has 7 heteroatoms. The monoisotopic (exact) mass is 336 g/mol. The highest BCUT2D eigenvalue weighted by atomic mass is 32.2. The molecular formula is C15H20N4OS2. The summed E-state index contributed by atoms with van der Waals surface area (Å²) in [6, 6.07) is 7.73. The van der Waals surface area contributed by atoms with Gasteiger partial charge in [-0.2, -0.15) is 0 Å². The molecule has 118 valence electrons. The summed E-state index contributed by atoms with van der Waals surface area (Å²) in [4.78, 5) is 13.3. The lowest BCUT2D eigenvalue weighted by molar-refractivity contribution is 0.0951. The van der Waals surface area contributed by atoms with E-state index in [0.717, 1.165) is 34.1 Å². The first kappa shape index (κ1) is 16.8. The van der Waals surface area contributed by atoms with Gasteiger partial charge >= 0.3 is 0 Å². The van der Waals surface area contributed by atoms with Crippen molar-refractivity contribution in [3.63, 3.8) is 0 Å². The molecule has 22 heavy (non-hydrogen) atoms. The Morgan fingerprint density at radius 1 is 1.36 bits per heavy atom. The van der Waals surface area contributed by atoms with Gasteiger partial charge < -0.3 is 11.1 Å². The zero-order valence-corrected chi connectivity index (χ0v) is 14.2. The van der Waals surface area contributed by atoms with E-state index in [-0.39, 0.29) is 5.91 Å². The minimum absolute atomic E-state index is 0.0444. The summed E-state index contributed by atoms with van der Waals surface area (Å²) in [5.41, 5.74) is 6.27. The van der Waals surface area contributed by atoms with Crippen LogP contribution in [0.1, 0.15) is 35.1 Å². The Balaban J connectivity index is 1.88. The van der Waals surface area contributed by atoms with Crippen LogP contribution in [0.2, 0.25) is 0 Å². The average molecular weight is 336 g/mol. The molecule has 1 heterocycles. The van der Waals surface area contributed by atoms with Crippen molar-refractivity contribution >= 4 is 34.1 Å². The van der Waals surface area contributed by atoms with Crippen LogP contribution >= 0.6 is 23.1 Å². The van der Waals surface area contributed by atoms with E-state index in [0.29, 0.717) is 18.1 Å². The Bertz CT molecular complexity index is 615. The molecular weight excluding hydrogens is 316 g/mol. The molecule has 2 rings (SSSR count). The standard InChI is InChI=1S/C15H20N4OS2/c1-2-3-10-21-12-7-5-4-6-11(12)14(20)17-9-8-13-18-19-15(16)22-13/h4-7H,2-3,8-10H2,1H3,(H2,16,19)(H,17,20). The van der Waals surface area contributed by atoms with Crippen LogP contribution in [-0.2, 0) is 6.42 Å². The third-order valence-electron chi connectivity index (χ3n) is 2.99. The number of rotatable bonds is 8.